The number of nitrogens with one attached hydrogen (secondary N) is 3. The molecule has 40 heavy (non-hydrogen) atoms. The maximum atomic E-state index is 14.8. The first-order valence-corrected chi connectivity index (χ1v) is 12.4. The van der Waals surface area contributed by atoms with Crippen molar-refractivity contribution < 1.29 is 32.3 Å². The van der Waals surface area contributed by atoms with Gasteiger partial charge in [-0.2, -0.15) is 0 Å². The first-order chi connectivity index (χ1) is 19.2. The van der Waals surface area contributed by atoms with Crippen LogP contribution in [0.1, 0.15) is 25.7 Å². The van der Waals surface area contributed by atoms with E-state index in [9.17, 15) is 27.6 Å². The Morgan fingerprint density at radius 3 is 2.38 bits per heavy atom. The molecule has 0 unspecified atom stereocenters. The molecule has 2 aliphatic rings. The van der Waals surface area contributed by atoms with Gasteiger partial charge in [-0.25, -0.2) is 22.7 Å². The Hall–Kier alpha value is -4.94. The number of halogens is 3. The van der Waals surface area contributed by atoms with E-state index in [1.165, 1.54) is 28.9 Å². The summed E-state index contributed by atoms with van der Waals surface area (Å²) in [7, 11) is 0. The summed E-state index contributed by atoms with van der Waals surface area (Å²) in [4.78, 5) is 41.8. The summed E-state index contributed by atoms with van der Waals surface area (Å²) in [5.41, 5.74) is -1.17. The molecule has 2 heterocycles. The number of imidazole rings is 1. The predicted octanol–water partition coefficient (Wildman–Crippen LogP) is 4.64. The molecule has 0 bridgehead atoms. The maximum Gasteiger partial charge on any atom is 0.240 e. The number of aromatic nitrogens is 3. The third-order valence-electron chi connectivity index (χ3n) is 6.70. The van der Waals surface area contributed by atoms with E-state index in [1.54, 1.807) is 6.07 Å². The van der Waals surface area contributed by atoms with Crippen molar-refractivity contribution in [1.29, 1.82) is 0 Å². The third-order valence-corrected chi connectivity index (χ3v) is 6.70. The highest BCUT2D eigenvalue weighted by Gasteiger charge is 2.56. The van der Waals surface area contributed by atoms with Gasteiger partial charge in [0.1, 0.15) is 17.0 Å². The predicted molar refractivity (Wildman–Crippen MR) is 136 cm³/mol. The van der Waals surface area contributed by atoms with Crippen molar-refractivity contribution in [2.75, 3.05) is 16.0 Å². The maximum absolute atomic E-state index is 14.8. The number of nitrogens with zero attached hydrogens (tertiary/aromatic N) is 3. The number of benzene rings is 2. The molecular formula is C27H21F3N6O4. The summed E-state index contributed by atoms with van der Waals surface area (Å²) in [5.74, 6) is -3.84. The van der Waals surface area contributed by atoms with E-state index >= 15 is 0 Å². The fraction of sp³-hybridized carbons (Fsp3) is 0.222. The number of hydrogen-bond acceptors (Lipinski definition) is 6. The van der Waals surface area contributed by atoms with E-state index in [2.05, 4.69) is 26.0 Å². The van der Waals surface area contributed by atoms with Gasteiger partial charge in [0.05, 0.1) is 11.9 Å². The van der Waals surface area contributed by atoms with Crippen LogP contribution >= 0.6 is 0 Å². The second kappa shape index (κ2) is 9.67. The molecule has 2 fully saturated rings. The fourth-order valence-electron chi connectivity index (χ4n) is 4.09. The summed E-state index contributed by atoms with van der Waals surface area (Å²) in [6.07, 6.45) is 3.67. The molecule has 0 radical (unpaired) electrons. The molecule has 13 heteroatoms. The van der Waals surface area contributed by atoms with E-state index in [0.29, 0.717) is 17.5 Å². The number of carbonyl (C=O) groups excluding carboxylic acids is 3. The molecule has 0 aliphatic heterocycles. The number of ether oxygens (including phenoxy) is 1. The zero-order chi connectivity index (χ0) is 28.0. The van der Waals surface area contributed by atoms with Gasteiger partial charge in [-0.1, -0.05) is 0 Å². The van der Waals surface area contributed by atoms with Gasteiger partial charge in [0, 0.05) is 29.8 Å². The molecule has 4 aromatic rings. The van der Waals surface area contributed by atoms with Gasteiger partial charge in [0.2, 0.25) is 23.6 Å². The van der Waals surface area contributed by atoms with Crippen LogP contribution in [0.15, 0.2) is 54.7 Å². The van der Waals surface area contributed by atoms with Crippen molar-refractivity contribution in [2.45, 2.75) is 25.7 Å². The summed E-state index contributed by atoms with van der Waals surface area (Å²) in [5, 5.41) is 11.8. The molecule has 2 saturated carbocycles. The lowest BCUT2D eigenvalue weighted by Crippen LogP contribution is -2.35. The highest BCUT2D eigenvalue weighted by molar-refractivity contribution is 6.17. The zero-order valence-electron chi connectivity index (χ0n) is 20.7. The molecule has 2 aromatic heterocycles. The van der Waals surface area contributed by atoms with Gasteiger partial charge in [-0.3, -0.25) is 14.4 Å². The van der Waals surface area contributed by atoms with Crippen LogP contribution in [0.2, 0.25) is 0 Å². The Labute approximate surface area is 224 Å². The van der Waals surface area contributed by atoms with Crippen LogP contribution in [-0.2, 0) is 14.4 Å². The van der Waals surface area contributed by atoms with Crippen molar-refractivity contribution in [3.63, 3.8) is 0 Å². The van der Waals surface area contributed by atoms with E-state index in [1.807, 2.05) is 0 Å². The Morgan fingerprint density at radius 2 is 1.68 bits per heavy atom. The number of anilines is 3. The number of rotatable bonds is 8. The Morgan fingerprint density at radius 1 is 0.900 bits per heavy atom. The summed E-state index contributed by atoms with van der Waals surface area (Å²) < 4.78 is 48.9. The Balaban J connectivity index is 1.10. The van der Waals surface area contributed by atoms with Crippen LogP contribution in [0.25, 0.3) is 5.65 Å². The second-order valence-corrected chi connectivity index (χ2v) is 9.73. The van der Waals surface area contributed by atoms with Crippen molar-refractivity contribution in [1.82, 2.24) is 14.6 Å². The van der Waals surface area contributed by atoms with Crippen LogP contribution in [0, 0.1) is 28.8 Å². The standard InChI is InChI=1S/C27H21F3N6O4/c28-15-3-5-19(17(29)11-15)32-26(39)27(9-10-27)25(38)31-16-4-6-20(18(30)12-16)40-23-8-7-22-33-21(13-36(22)35-23)34-24(37)14-1-2-14/h3-8,11-14H,1-2,9-10H2,(H,31,38)(H,32,39)(H,34,37). The van der Waals surface area contributed by atoms with Crippen LogP contribution in [0.5, 0.6) is 11.6 Å². The minimum absolute atomic E-state index is 0.0188. The van der Waals surface area contributed by atoms with Gasteiger partial charge in [0.15, 0.2) is 23.0 Å². The van der Waals surface area contributed by atoms with Crippen molar-refractivity contribution >= 4 is 40.6 Å². The van der Waals surface area contributed by atoms with Crippen LogP contribution in [0.4, 0.5) is 30.4 Å². The smallest absolute Gasteiger partial charge is 0.240 e. The molecule has 3 amide bonds. The average molecular weight is 550 g/mol. The molecule has 10 nitrogen and oxygen atoms in total. The van der Waals surface area contributed by atoms with Crippen molar-refractivity contribution in [3.05, 3.63) is 72.2 Å². The lowest BCUT2D eigenvalue weighted by atomic mass is 10.0. The molecule has 2 aliphatic carbocycles. The largest absolute Gasteiger partial charge is 0.434 e. The molecule has 3 N–H and O–H groups in total. The highest BCUT2D eigenvalue weighted by Crippen LogP contribution is 2.47. The first-order valence-electron chi connectivity index (χ1n) is 12.4. The van der Waals surface area contributed by atoms with Crippen molar-refractivity contribution in [2.24, 2.45) is 11.3 Å². The highest BCUT2D eigenvalue weighted by atomic mass is 19.1. The van der Waals surface area contributed by atoms with Gasteiger partial charge in [-0.15, -0.1) is 5.10 Å². The second-order valence-electron chi connectivity index (χ2n) is 9.73. The molecule has 2 aromatic carbocycles. The van der Waals surface area contributed by atoms with Gasteiger partial charge >= 0.3 is 0 Å². The molecular weight excluding hydrogens is 529 g/mol. The van der Waals surface area contributed by atoms with Gasteiger partial charge in [0.25, 0.3) is 0 Å². The number of carbonyl (C=O) groups is 3. The first kappa shape index (κ1) is 25.3. The van der Waals surface area contributed by atoms with Crippen LogP contribution < -0.4 is 20.7 Å². The van der Waals surface area contributed by atoms with Gasteiger partial charge in [-0.05, 0) is 56.0 Å². The number of amides is 3. The molecule has 0 saturated heterocycles. The summed E-state index contributed by atoms with van der Waals surface area (Å²) in [6, 6.07) is 9.48. The SMILES string of the molecule is O=C(Nc1cn2nc(Oc3ccc(NC(=O)C4(C(=O)Nc5ccc(F)cc5F)CC4)cc3F)ccc2n1)C1CC1. The van der Waals surface area contributed by atoms with E-state index < -0.39 is 34.7 Å². The topological polar surface area (TPSA) is 127 Å². The fourth-order valence-corrected chi connectivity index (χ4v) is 4.09. The number of hydrogen-bond donors (Lipinski definition) is 3. The van der Waals surface area contributed by atoms with Crippen LogP contribution in [-0.4, -0.2) is 32.3 Å². The normalized spacial score (nSPS) is 15.4. The zero-order valence-corrected chi connectivity index (χ0v) is 20.7. The molecule has 6 rings (SSSR count). The summed E-state index contributed by atoms with van der Waals surface area (Å²) >= 11 is 0. The molecule has 0 atom stereocenters. The number of fused-ring (bicyclic) bond motifs is 1. The van der Waals surface area contributed by atoms with Gasteiger partial charge < -0.3 is 20.7 Å². The van der Waals surface area contributed by atoms with E-state index in [-0.39, 0.29) is 47.7 Å². The monoisotopic (exact) mass is 550 g/mol. The average Bonchev–Trinajstić information content (AvgIpc) is 3.83. The van der Waals surface area contributed by atoms with E-state index in [0.717, 1.165) is 31.0 Å². The third kappa shape index (κ3) is 5.05. The lowest BCUT2D eigenvalue weighted by Gasteiger charge is -2.16. The van der Waals surface area contributed by atoms with Crippen LogP contribution in [0.3, 0.4) is 0 Å². The summed E-state index contributed by atoms with van der Waals surface area (Å²) in [6.45, 7) is 0. The lowest BCUT2D eigenvalue weighted by molar-refractivity contribution is -0.131. The quantitative estimate of drug-likeness (QED) is 0.274. The van der Waals surface area contributed by atoms with Crippen molar-refractivity contribution in [3.8, 4) is 11.6 Å². The molecule has 0 spiro atoms. The minimum Gasteiger partial charge on any atom is -0.434 e. The Kier molecular flexibility index (Phi) is 6.12. The Bertz CT molecular complexity index is 1680. The molecule has 204 valence electrons. The minimum atomic E-state index is -1.45. The van der Waals surface area contributed by atoms with E-state index in [4.69, 9.17) is 4.74 Å².